The first-order valence-electron chi connectivity index (χ1n) is 10.8. The van der Waals surface area contributed by atoms with Gasteiger partial charge in [-0.2, -0.15) is 0 Å². The van der Waals surface area contributed by atoms with E-state index in [1.807, 2.05) is 0 Å². The number of anilines is 2. The Morgan fingerprint density at radius 2 is 1.91 bits per heavy atom. The lowest BCUT2D eigenvalue weighted by atomic mass is 10.1. The van der Waals surface area contributed by atoms with Crippen molar-refractivity contribution in [2.24, 2.45) is 5.92 Å². The smallest absolute Gasteiger partial charge is 0.262 e. The number of nitrogens with zero attached hydrogens (tertiary/aromatic N) is 1. The molecule has 2 heterocycles. The molecular formula is C25H25N3O6. The molecule has 9 nitrogen and oxygen atoms in total. The van der Waals surface area contributed by atoms with Gasteiger partial charge in [-0.15, -0.1) is 0 Å². The van der Waals surface area contributed by atoms with E-state index in [1.54, 1.807) is 78.9 Å². The Morgan fingerprint density at radius 1 is 1.09 bits per heavy atom. The minimum Gasteiger partial charge on any atom is -0.497 e. The number of hydrogen-bond donors (Lipinski definition) is 2. The number of nitrogens with one attached hydrogen (secondary N) is 2. The largest absolute Gasteiger partial charge is 0.497 e. The van der Waals surface area contributed by atoms with Crippen molar-refractivity contribution in [3.63, 3.8) is 0 Å². The molecule has 1 aliphatic heterocycles. The average Bonchev–Trinajstić information content (AvgIpc) is 3.51. The second kappa shape index (κ2) is 10.6. The minimum absolute atomic E-state index is 0.121. The van der Waals surface area contributed by atoms with Gasteiger partial charge in [-0.1, -0.05) is 6.07 Å². The highest BCUT2D eigenvalue weighted by atomic mass is 16.5. The molecule has 1 atom stereocenters. The normalized spacial score (nSPS) is 15.1. The third-order valence-electron chi connectivity index (χ3n) is 5.38. The molecule has 1 aromatic heterocycles. The molecule has 3 amide bonds. The zero-order valence-corrected chi connectivity index (χ0v) is 18.7. The summed E-state index contributed by atoms with van der Waals surface area (Å²) in [6.07, 6.45) is 1.69. The third-order valence-corrected chi connectivity index (χ3v) is 5.38. The van der Waals surface area contributed by atoms with E-state index < -0.39 is 5.92 Å². The van der Waals surface area contributed by atoms with Gasteiger partial charge >= 0.3 is 0 Å². The van der Waals surface area contributed by atoms with Crippen LogP contribution in [0.25, 0.3) is 0 Å². The predicted octanol–water partition coefficient (Wildman–Crippen LogP) is 2.98. The summed E-state index contributed by atoms with van der Waals surface area (Å²) in [7, 11) is 1.56. The van der Waals surface area contributed by atoms with Crippen molar-refractivity contribution in [3.05, 3.63) is 72.7 Å². The molecule has 176 valence electrons. The molecule has 1 saturated heterocycles. The number of ether oxygens (including phenoxy) is 2. The molecule has 0 spiro atoms. The Labute approximate surface area is 196 Å². The maximum absolute atomic E-state index is 12.5. The highest BCUT2D eigenvalue weighted by Crippen LogP contribution is 2.27. The van der Waals surface area contributed by atoms with Crippen LogP contribution in [-0.2, 0) is 20.9 Å². The Balaban J connectivity index is 1.26. The van der Waals surface area contributed by atoms with E-state index in [2.05, 4.69) is 10.6 Å². The lowest BCUT2D eigenvalue weighted by Gasteiger charge is -2.17. The minimum atomic E-state index is -0.432. The van der Waals surface area contributed by atoms with E-state index in [-0.39, 0.29) is 37.3 Å². The zero-order chi connectivity index (χ0) is 23.9. The van der Waals surface area contributed by atoms with Crippen LogP contribution in [0.5, 0.6) is 11.5 Å². The number of carbonyl (C=O) groups excluding carboxylic acids is 3. The van der Waals surface area contributed by atoms with Gasteiger partial charge in [-0.3, -0.25) is 14.4 Å². The van der Waals surface area contributed by atoms with Gasteiger partial charge in [0.1, 0.15) is 17.3 Å². The van der Waals surface area contributed by atoms with Crippen LogP contribution < -0.4 is 25.0 Å². The monoisotopic (exact) mass is 463 g/mol. The van der Waals surface area contributed by atoms with E-state index >= 15 is 0 Å². The van der Waals surface area contributed by atoms with Gasteiger partial charge in [0.15, 0.2) is 6.61 Å². The molecule has 1 fully saturated rings. The third kappa shape index (κ3) is 5.74. The lowest BCUT2D eigenvalue weighted by Crippen LogP contribution is -2.32. The summed E-state index contributed by atoms with van der Waals surface area (Å²) in [5.74, 6) is 0.738. The van der Waals surface area contributed by atoms with Crippen LogP contribution in [-0.4, -0.2) is 38.0 Å². The molecule has 0 unspecified atom stereocenters. The average molecular weight is 463 g/mol. The SMILES string of the molecule is COc1cccc(NC(=O)COc2ccc(N3C[C@H](C(=O)NCc4ccco4)CC3=O)cc2)c1. The number of rotatable bonds is 9. The molecule has 0 saturated carbocycles. The first-order valence-corrected chi connectivity index (χ1v) is 10.8. The summed E-state index contributed by atoms with van der Waals surface area (Å²) in [6.45, 7) is 0.414. The number of hydrogen-bond acceptors (Lipinski definition) is 6. The van der Waals surface area contributed by atoms with Crippen molar-refractivity contribution in [2.75, 3.05) is 30.5 Å². The van der Waals surface area contributed by atoms with Gasteiger partial charge in [-0.05, 0) is 48.5 Å². The van der Waals surface area contributed by atoms with Crippen molar-refractivity contribution in [3.8, 4) is 11.5 Å². The van der Waals surface area contributed by atoms with E-state index in [0.717, 1.165) is 0 Å². The highest BCUT2D eigenvalue weighted by molar-refractivity contribution is 6.00. The summed E-state index contributed by atoms with van der Waals surface area (Å²) in [5, 5.41) is 5.55. The number of carbonyl (C=O) groups is 3. The molecule has 0 bridgehead atoms. The number of amides is 3. The Bertz CT molecular complexity index is 1140. The maximum Gasteiger partial charge on any atom is 0.262 e. The Kier molecular flexibility index (Phi) is 7.12. The second-order valence-electron chi connectivity index (χ2n) is 7.77. The van der Waals surface area contributed by atoms with Crippen molar-refractivity contribution < 1.29 is 28.3 Å². The fraction of sp³-hybridized carbons (Fsp3) is 0.240. The first kappa shape index (κ1) is 22.9. The van der Waals surface area contributed by atoms with Gasteiger partial charge < -0.3 is 29.4 Å². The van der Waals surface area contributed by atoms with E-state index in [9.17, 15) is 14.4 Å². The molecule has 2 N–H and O–H groups in total. The van der Waals surface area contributed by atoms with Crippen LogP contribution in [0.3, 0.4) is 0 Å². The topological polar surface area (TPSA) is 110 Å². The standard InChI is InChI=1S/C25H25N3O6/c1-32-21-5-2-4-18(13-21)27-23(29)16-34-20-9-7-19(8-10-20)28-15-17(12-24(28)30)25(31)26-14-22-6-3-11-33-22/h2-11,13,17H,12,14-16H2,1H3,(H,26,31)(H,27,29)/t17-/m1/s1. The summed E-state index contributed by atoms with van der Waals surface area (Å²) in [5.41, 5.74) is 1.28. The van der Waals surface area contributed by atoms with E-state index in [4.69, 9.17) is 13.9 Å². The molecule has 34 heavy (non-hydrogen) atoms. The van der Waals surface area contributed by atoms with E-state index in [1.165, 1.54) is 0 Å². The molecule has 1 aliphatic rings. The maximum atomic E-state index is 12.5. The second-order valence-corrected chi connectivity index (χ2v) is 7.77. The van der Waals surface area contributed by atoms with Crippen molar-refractivity contribution in [1.82, 2.24) is 5.32 Å². The quantitative estimate of drug-likeness (QED) is 0.505. The van der Waals surface area contributed by atoms with Crippen LogP contribution in [0.15, 0.2) is 71.3 Å². The van der Waals surface area contributed by atoms with Gasteiger partial charge in [0.25, 0.3) is 5.91 Å². The molecule has 4 rings (SSSR count). The number of benzene rings is 2. The lowest BCUT2D eigenvalue weighted by molar-refractivity contribution is -0.126. The fourth-order valence-electron chi connectivity index (χ4n) is 3.63. The van der Waals surface area contributed by atoms with Crippen LogP contribution in [0, 0.1) is 5.92 Å². The van der Waals surface area contributed by atoms with Crippen LogP contribution in [0.1, 0.15) is 12.2 Å². The Hall–Kier alpha value is -4.27. The van der Waals surface area contributed by atoms with Crippen LogP contribution >= 0.6 is 0 Å². The molecule has 3 aromatic rings. The van der Waals surface area contributed by atoms with E-state index in [0.29, 0.717) is 35.2 Å². The molecule has 0 radical (unpaired) electrons. The number of furan rings is 1. The van der Waals surface area contributed by atoms with Crippen LogP contribution in [0.4, 0.5) is 11.4 Å². The summed E-state index contributed by atoms with van der Waals surface area (Å²) >= 11 is 0. The van der Waals surface area contributed by atoms with Gasteiger partial charge in [0, 0.05) is 30.4 Å². The summed E-state index contributed by atoms with van der Waals surface area (Å²) in [6, 6.07) is 17.4. The van der Waals surface area contributed by atoms with Crippen molar-refractivity contribution in [1.29, 1.82) is 0 Å². The van der Waals surface area contributed by atoms with Crippen molar-refractivity contribution in [2.45, 2.75) is 13.0 Å². The molecule has 0 aliphatic carbocycles. The predicted molar refractivity (Wildman–Crippen MR) is 125 cm³/mol. The number of methoxy groups -OCH3 is 1. The highest BCUT2D eigenvalue weighted by Gasteiger charge is 2.35. The molecule has 2 aromatic carbocycles. The summed E-state index contributed by atoms with van der Waals surface area (Å²) < 4.78 is 15.9. The van der Waals surface area contributed by atoms with Crippen LogP contribution in [0.2, 0.25) is 0 Å². The molecular weight excluding hydrogens is 438 g/mol. The van der Waals surface area contributed by atoms with Gasteiger partial charge in [0.05, 0.1) is 25.8 Å². The Morgan fingerprint density at radius 3 is 2.65 bits per heavy atom. The summed E-state index contributed by atoms with van der Waals surface area (Å²) in [4.78, 5) is 38.7. The molecule has 9 heteroatoms. The van der Waals surface area contributed by atoms with Crippen molar-refractivity contribution >= 4 is 29.1 Å². The van der Waals surface area contributed by atoms with Gasteiger partial charge in [0.2, 0.25) is 11.8 Å². The van der Waals surface area contributed by atoms with Gasteiger partial charge in [-0.25, -0.2) is 0 Å². The zero-order valence-electron chi connectivity index (χ0n) is 18.7. The first-order chi connectivity index (χ1) is 16.5. The fourth-order valence-corrected chi connectivity index (χ4v) is 3.63.